The first kappa shape index (κ1) is 19.8. The second-order valence-corrected chi connectivity index (χ2v) is 6.79. The van der Waals surface area contributed by atoms with E-state index in [1.165, 1.54) is 6.07 Å². The molecule has 1 saturated heterocycles. The number of carbonyl (C=O) groups is 1. The fourth-order valence-electron chi connectivity index (χ4n) is 2.98. The van der Waals surface area contributed by atoms with Gasteiger partial charge in [-0.15, -0.1) is 0 Å². The number of nitrogens with zero attached hydrogens (tertiary/aromatic N) is 1. The average molecular weight is 377 g/mol. The number of morpholine rings is 1. The third kappa shape index (κ3) is 5.05. The van der Waals surface area contributed by atoms with Crippen LogP contribution in [-0.4, -0.2) is 37.1 Å². The molecular weight excluding hydrogens is 353 g/mol. The van der Waals surface area contributed by atoms with E-state index >= 15 is 0 Å². The minimum atomic E-state index is -0.406. The van der Waals surface area contributed by atoms with Crippen molar-refractivity contribution in [3.05, 3.63) is 89.3 Å². The highest BCUT2D eigenvalue weighted by Crippen LogP contribution is 2.24. The maximum absolute atomic E-state index is 14.5. The molecule has 1 aliphatic heterocycles. The van der Waals surface area contributed by atoms with Crippen molar-refractivity contribution in [1.29, 1.82) is 0 Å². The van der Waals surface area contributed by atoms with Crippen molar-refractivity contribution < 1.29 is 13.9 Å². The van der Waals surface area contributed by atoms with E-state index < -0.39 is 5.82 Å². The Morgan fingerprint density at radius 3 is 2.36 bits per heavy atom. The second kappa shape index (κ2) is 9.29. The zero-order chi connectivity index (χ0) is 19.9. The van der Waals surface area contributed by atoms with Gasteiger partial charge in [-0.25, -0.2) is 4.39 Å². The molecule has 0 aromatic heterocycles. The van der Waals surface area contributed by atoms with Crippen LogP contribution >= 0.6 is 0 Å². The molecule has 3 nitrogen and oxygen atoms in total. The number of halogens is 1. The molecule has 28 heavy (non-hydrogen) atoms. The van der Waals surface area contributed by atoms with Gasteiger partial charge >= 0.3 is 0 Å². The summed E-state index contributed by atoms with van der Waals surface area (Å²) < 4.78 is 19.8. The fraction of sp³-hybridized carbons (Fsp3) is 0.208. The molecule has 2 aromatic carbocycles. The van der Waals surface area contributed by atoms with E-state index in [4.69, 9.17) is 4.74 Å². The van der Waals surface area contributed by atoms with Gasteiger partial charge in [0.25, 0.3) is 5.91 Å². The molecule has 1 fully saturated rings. The average Bonchev–Trinajstić information content (AvgIpc) is 2.72. The SMILES string of the molecule is C=C(C)/C=C/c1ccc(/C=C(/C(=O)N2CCOCC2)c2ccccc2F)cc1. The maximum Gasteiger partial charge on any atom is 0.254 e. The van der Waals surface area contributed by atoms with Crippen LogP contribution in [0, 0.1) is 5.82 Å². The van der Waals surface area contributed by atoms with Gasteiger partial charge in [0.15, 0.2) is 0 Å². The Morgan fingerprint density at radius 2 is 1.71 bits per heavy atom. The Morgan fingerprint density at radius 1 is 1.07 bits per heavy atom. The van der Waals surface area contributed by atoms with Gasteiger partial charge in [-0.05, 0) is 30.2 Å². The monoisotopic (exact) mass is 377 g/mol. The van der Waals surface area contributed by atoms with E-state index in [0.717, 1.165) is 16.7 Å². The van der Waals surface area contributed by atoms with Gasteiger partial charge in [0.05, 0.1) is 18.8 Å². The predicted molar refractivity (Wildman–Crippen MR) is 112 cm³/mol. The Labute approximate surface area is 165 Å². The van der Waals surface area contributed by atoms with Crippen molar-refractivity contribution in [1.82, 2.24) is 4.90 Å². The van der Waals surface area contributed by atoms with E-state index in [9.17, 15) is 9.18 Å². The fourth-order valence-corrected chi connectivity index (χ4v) is 2.98. The third-order valence-electron chi connectivity index (χ3n) is 4.50. The van der Waals surface area contributed by atoms with Crippen molar-refractivity contribution in [2.75, 3.05) is 26.3 Å². The van der Waals surface area contributed by atoms with Crippen LogP contribution in [0.15, 0.2) is 66.8 Å². The van der Waals surface area contributed by atoms with Gasteiger partial charge in [0.1, 0.15) is 5.82 Å². The molecule has 3 rings (SSSR count). The van der Waals surface area contributed by atoms with Crippen molar-refractivity contribution in [2.45, 2.75) is 6.92 Å². The molecular formula is C24H24FNO2. The summed E-state index contributed by atoms with van der Waals surface area (Å²) in [5, 5.41) is 0. The number of ether oxygens (including phenoxy) is 1. The molecule has 0 spiro atoms. The molecule has 0 radical (unpaired) electrons. The normalized spacial score (nSPS) is 15.1. The zero-order valence-electron chi connectivity index (χ0n) is 16.0. The van der Waals surface area contributed by atoms with Crippen LogP contribution < -0.4 is 0 Å². The standard InChI is InChI=1S/C24H24FNO2/c1-18(2)7-8-19-9-11-20(12-10-19)17-22(21-5-3-4-6-23(21)25)24(27)26-13-15-28-16-14-26/h3-12,17H,1,13-16H2,2H3/b8-7+,22-17+. The Kier molecular flexibility index (Phi) is 6.56. The summed E-state index contributed by atoms with van der Waals surface area (Å²) in [6, 6.07) is 14.2. The van der Waals surface area contributed by atoms with E-state index in [-0.39, 0.29) is 5.91 Å². The second-order valence-electron chi connectivity index (χ2n) is 6.79. The molecule has 0 bridgehead atoms. The van der Waals surface area contributed by atoms with Gasteiger partial charge in [0, 0.05) is 18.7 Å². The summed E-state index contributed by atoms with van der Waals surface area (Å²) in [5.41, 5.74) is 3.51. The highest BCUT2D eigenvalue weighted by atomic mass is 19.1. The number of allylic oxidation sites excluding steroid dienone is 2. The van der Waals surface area contributed by atoms with Crippen LogP contribution in [0.5, 0.6) is 0 Å². The Balaban J connectivity index is 1.95. The first-order chi connectivity index (χ1) is 13.5. The molecule has 1 amide bonds. The minimum absolute atomic E-state index is 0.181. The van der Waals surface area contributed by atoms with E-state index in [1.54, 1.807) is 29.2 Å². The van der Waals surface area contributed by atoms with Crippen molar-refractivity contribution >= 4 is 23.6 Å². The highest BCUT2D eigenvalue weighted by molar-refractivity contribution is 6.24. The van der Waals surface area contributed by atoms with Crippen LogP contribution in [0.1, 0.15) is 23.6 Å². The summed E-state index contributed by atoms with van der Waals surface area (Å²) in [7, 11) is 0. The van der Waals surface area contributed by atoms with E-state index in [1.807, 2.05) is 43.3 Å². The maximum atomic E-state index is 14.5. The largest absolute Gasteiger partial charge is 0.378 e. The molecule has 1 aliphatic rings. The van der Waals surface area contributed by atoms with Gasteiger partial charge in [-0.3, -0.25) is 4.79 Å². The van der Waals surface area contributed by atoms with Crippen molar-refractivity contribution in [3.63, 3.8) is 0 Å². The highest BCUT2D eigenvalue weighted by Gasteiger charge is 2.23. The zero-order valence-corrected chi connectivity index (χ0v) is 16.0. The molecule has 0 saturated carbocycles. The quantitative estimate of drug-likeness (QED) is 0.425. The smallest absolute Gasteiger partial charge is 0.254 e. The lowest BCUT2D eigenvalue weighted by atomic mass is 10.00. The number of hydrogen-bond donors (Lipinski definition) is 0. The summed E-state index contributed by atoms with van der Waals surface area (Å²) in [6.07, 6.45) is 5.67. The van der Waals surface area contributed by atoms with Crippen molar-refractivity contribution in [2.24, 2.45) is 0 Å². The first-order valence-electron chi connectivity index (χ1n) is 9.32. The molecule has 0 aliphatic carbocycles. The van der Waals surface area contributed by atoms with Crippen LogP contribution in [-0.2, 0) is 9.53 Å². The summed E-state index contributed by atoms with van der Waals surface area (Å²) in [5.74, 6) is -0.587. The lowest BCUT2D eigenvalue weighted by molar-refractivity contribution is -0.128. The summed E-state index contributed by atoms with van der Waals surface area (Å²) in [4.78, 5) is 14.8. The van der Waals surface area contributed by atoms with Crippen LogP contribution in [0.3, 0.4) is 0 Å². The number of rotatable bonds is 5. The third-order valence-corrected chi connectivity index (χ3v) is 4.50. The van der Waals surface area contributed by atoms with Gasteiger partial charge < -0.3 is 9.64 Å². The molecule has 0 N–H and O–H groups in total. The minimum Gasteiger partial charge on any atom is -0.378 e. The van der Waals surface area contributed by atoms with Crippen LogP contribution in [0.25, 0.3) is 17.7 Å². The van der Waals surface area contributed by atoms with Gasteiger partial charge in [-0.1, -0.05) is 66.8 Å². The van der Waals surface area contributed by atoms with Crippen LogP contribution in [0.2, 0.25) is 0 Å². The Bertz CT molecular complexity index is 906. The van der Waals surface area contributed by atoms with Gasteiger partial charge in [-0.2, -0.15) is 0 Å². The predicted octanol–water partition coefficient (Wildman–Crippen LogP) is 4.81. The van der Waals surface area contributed by atoms with E-state index in [0.29, 0.717) is 37.4 Å². The topological polar surface area (TPSA) is 29.5 Å². The first-order valence-corrected chi connectivity index (χ1v) is 9.32. The Hall–Kier alpha value is -2.98. The summed E-state index contributed by atoms with van der Waals surface area (Å²) >= 11 is 0. The van der Waals surface area contributed by atoms with Gasteiger partial charge in [0.2, 0.25) is 0 Å². The summed E-state index contributed by atoms with van der Waals surface area (Å²) in [6.45, 7) is 7.80. The number of amides is 1. The number of carbonyl (C=O) groups excluding carboxylic acids is 1. The molecule has 2 aromatic rings. The molecule has 144 valence electrons. The lowest BCUT2D eigenvalue weighted by Gasteiger charge is -2.28. The molecule has 0 atom stereocenters. The van der Waals surface area contributed by atoms with Crippen molar-refractivity contribution in [3.8, 4) is 0 Å². The lowest BCUT2D eigenvalue weighted by Crippen LogP contribution is -2.41. The molecule has 4 heteroatoms. The van der Waals surface area contributed by atoms with E-state index in [2.05, 4.69) is 6.58 Å². The number of benzene rings is 2. The molecule has 1 heterocycles. The number of hydrogen-bond acceptors (Lipinski definition) is 2. The van der Waals surface area contributed by atoms with Crippen LogP contribution in [0.4, 0.5) is 4.39 Å². The molecule has 0 unspecified atom stereocenters.